The number of nitrogens with one attached hydrogen (secondary N) is 4. The Morgan fingerprint density at radius 1 is 0.933 bits per heavy atom. The molecule has 0 aliphatic heterocycles. The highest BCUT2D eigenvalue weighted by molar-refractivity contribution is 7.14. The van der Waals surface area contributed by atoms with Crippen LogP contribution in [0.4, 0.5) is 21.3 Å². The molecule has 0 bridgehead atoms. The molecule has 154 valence electrons. The Morgan fingerprint density at radius 2 is 1.67 bits per heavy atom. The smallest absolute Gasteiger partial charge is 0.319 e. The summed E-state index contributed by atoms with van der Waals surface area (Å²) < 4.78 is 0. The molecule has 30 heavy (non-hydrogen) atoms. The van der Waals surface area contributed by atoms with Crippen molar-refractivity contribution in [2.24, 2.45) is 0 Å². The van der Waals surface area contributed by atoms with Gasteiger partial charge < -0.3 is 16.0 Å². The van der Waals surface area contributed by atoms with E-state index in [-0.39, 0.29) is 24.3 Å². The topological polar surface area (TPSA) is 112 Å². The molecule has 0 radical (unpaired) electrons. The molecule has 0 aliphatic rings. The van der Waals surface area contributed by atoms with E-state index in [1.54, 1.807) is 53.9 Å². The molecule has 3 rings (SSSR count). The normalized spacial score (nSPS) is 10.2. The maximum atomic E-state index is 12.3. The fourth-order valence-corrected chi connectivity index (χ4v) is 3.29. The standard InChI is InChI=1S/C21H21N5O3S/c1-2-22-20(29)24-16-10-6-9-15(11-16)23-18(27)12-17-13-30-21(25-17)26-19(28)14-7-4-3-5-8-14/h3-11,13H,2,12H2,1H3,(H,23,27)(H2,22,24,29)(H,25,26,28). The number of nitrogens with zero attached hydrogens (tertiary/aromatic N) is 1. The van der Waals surface area contributed by atoms with E-state index in [0.29, 0.717) is 34.3 Å². The number of rotatable bonds is 7. The summed E-state index contributed by atoms with van der Waals surface area (Å²) in [5.41, 5.74) is 2.21. The lowest BCUT2D eigenvalue weighted by Crippen LogP contribution is -2.28. The molecular weight excluding hydrogens is 402 g/mol. The Balaban J connectivity index is 1.54. The van der Waals surface area contributed by atoms with Gasteiger partial charge in [0.05, 0.1) is 12.1 Å². The molecule has 1 heterocycles. The summed E-state index contributed by atoms with van der Waals surface area (Å²) in [6, 6.07) is 15.4. The fraction of sp³-hybridized carbons (Fsp3) is 0.143. The van der Waals surface area contributed by atoms with Gasteiger partial charge in [-0.1, -0.05) is 24.3 Å². The fourth-order valence-electron chi connectivity index (χ4n) is 2.58. The van der Waals surface area contributed by atoms with Crippen LogP contribution in [0.1, 0.15) is 23.0 Å². The lowest BCUT2D eigenvalue weighted by Gasteiger charge is -2.09. The predicted molar refractivity (Wildman–Crippen MR) is 118 cm³/mol. The first-order valence-corrected chi connectivity index (χ1v) is 10.2. The maximum Gasteiger partial charge on any atom is 0.319 e. The van der Waals surface area contributed by atoms with E-state index in [2.05, 4.69) is 26.3 Å². The van der Waals surface area contributed by atoms with Crippen molar-refractivity contribution in [1.29, 1.82) is 0 Å². The minimum absolute atomic E-state index is 0.0612. The maximum absolute atomic E-state index is 12.3. The van der Waals surface area contributed by atoms with Crippen LogP contribution < -0.4 is 21.3 Å². The van der Waals surface area contributed by atoms with E-state index >= 15 is 0 Å². The molecule has 8 nitrogen and oxygen atoms in total. The van der Waals surface area contributed by atoms with Gasteiger partial charge in [0, 0.05) is 28.9 Å². The molecule has 0 saturated heterocycles. The van der Waals surface area contributed by atoms with Crippen molar-refractivity contribution in [1.82, 2.24) is 10.3 Å². The van der Waals surface area contributed by atoms with Crippen LogP contribution in [0.25, 0.3) is 0 Å². The lowest BCUT2D eigenvalue weighted by atomic mass is 10.2. The number of carbonyl (C=O) groups is 3. The van der Waals surface area contributed by atoms with E-state index in [0.717, 1.165) is 0 Å². The van der Waals surface area contributed by atoms with Crippen LogP contribution in [0, 0.1) is 0 Å². The lowest BCUT2D eigenvalue weighted by molar-refractivity contribution is -0.115. The predicted octanol–water partition coefficient (Wildman–Crippen LogP) is 3.72. The van der Waals surface area contributed by atoms with E-state index in [1.165, 1.54) is 11.3 Å². The van der Waals surface area contributed by atoms with Gasteiger partial charge in [0.1, 0.15) is 0 Å². The van der Waals surface area contributed by atoms with Gasteiger partial charge in [-0.25, -0.2) is 9.78 Å². The number of amides is 4. The van der Waals surface area contributed by atoms with Gasteiger partial charge in [-0.05, 0) is 37.3 Å². The van der Waals surface area contributed by atoms with Crippen LogP contribution in [-0.4, -0.2) is 29.4 Å². The third-order valence-corrected chi connectivity index (χ3v) is 4.70. The zero-order valence-electron chi connectivity index (χ0n) is 16.3. The summed E-state index contributed by atoms with van der Waals surface area (Å²) in [5.74, 6) is -0.506. The number of aromatic nitrogens is 1. The van der Waals surface area contributed by atoms with Crippen molar-refractivity contribution >= 4 is 45.7 Å². The average Bonchev–Trinajstić information content (AvgIpc) is 3.15. The number of carbonyl (C=O) groups excluding carboxylic acids is 3. The Morgan fingerprint density at radius 3 is 2.40 bits per heavy atom. The number of hydrogen-bond acceptors (Lipinski definition) is 5. The van der Waals surface area contributed by atoms with Crippen LogP contribution in [0.2, 0.25) is 0 Å². The number of benzene rings is 2. The minimum Gasteiger partial charge on any atom is -0.338 e. The summed E-state index contributed by atoms with van der Waals surface area (Å²) in [5, 5.41) is 13.0. The van der Waals surface area contributed by atoms with E-state index in [1.807, 2.05) is 13.0 Å². The molecule has 4 amide bonds. The van der Waals surface area contributed by atoms with Gasteiger partial charge in [-0.3, -0.25) is 14.9 Å². The molecule has 0 fully saturated rings. The summed E-state index contributed by atoms with van der Waals surface area (Å²) in [6.07, 6.45) is 0.0612. The Labute approximate surface area is 177 Å². The molecule has 1 aromatic heterocycles. The third kappa shape index (κ3) is 6.14. The highest BCUT2D eigenvalue weighted by Gasteiger charge is 2.11. The van der Waals surface area contributed by atoms with Crippen LogP contribution in [0.3, 0.4) is 0 Å². The second-order valence-electron chi connectivity index (χ2n) is 6.25. The molecular formula is C21H21N5O3S. The minimum atomic E-state index is -0.312. The van der Waals surface area contributed by atoms with Crippen molar-refractivity contribution in [3.8, 4) is 0 Å². The van der Waals surface area contributed by atoms with Gasteiger partial charge in [-0.15, -0.1) is 11.3 Å². The molecule has 3 aromatic rings. The van der Waals surface area contributed by atoms with E-state index in [9.17, 15) is 14.4 Å². The molecule has 0 spiro atoms. The van der Waals surface area contributed by atoms with Crippen LogP contribution in [-0.2, 0) is 11.2 Å². The third-order valence-electron chi connectivity index (χ3n) is 3.89. The Bertz CT molecular complexity index is 1040. The quantitative estimate of drug-likeness (QED) is 0.464. The monoisotopic (exact) mass is 423 g/mol. The summed E-state index contributed by atoms with van der Waals surface area (Å²) in [4.78, 5) is 40.4. The highest BCUT2D eigenvalue weighted by Crippen LogP contribution is 2.19. The first kappa shape index (κ1) is 21.0. The molecule has 9 heteroatoms. The van der Waals surface area contributed by atoms with Crippen LogP contribution in [0.5, 0.6) is 0 Å². The van der Waals surface area contributed by atoms with Crippen LogP contribution >= 0.6 is 11.3 Å². The van der Waals surface area contributed by atoms with Gasteiger partial charge >= 0.3 is 6.03 Å². The van der Waals surface area contributed by atoms with Gasteiger partial charge in [0.15, 0.2) is 5.13 Å². The second-order valence-corrected chi connectivity index (χ2v) is 7.11. The van der Waals surface area contributed by atoms with E-state index in [4.69, 9.17) is 0 Å². The first-order valence-electron chi connectivity index (χ1n) is 9.29. The summed E-state index contributed by atoms with van der Waals surface area (Å²) in [6.45, 7) is 2.34. The molecule has 0 saturated carbocycles. The van der Waals surface area contributed by atoms with Crippen molar-refractivity contribution in [2.45, 2.75) is 13.3 Å². The highest BCUT2D eigenvalue weighted by atomic mass is 32.1. The number of anilines is 3. The molecule has 0 aliphatic carbocycles. The number of thiazole rings is 1. The zero-order chi connectivity index (χ0) is 21.3. The Hall–Kier alpha value is -3.72. The second kappa shape index (κ2) is 10.2. The molecule has 2 aromatic carbocycles. The SMILES string of the molecule is CCNC(=O)Nc1cccc(NC(=O)Cc2csc(NC(=O)c3ccccc3)n2)c1. The number of hydrogen-bond donors (Lipinski definition) is 4. The Kier molecular flexibility index (Phi) is 7.12. The zero-order valence-corrected chi connectivity index (χ0v) is 17.1. The molecule has 4 N–H and O–H groups in total. The van der Waals surface area contributed by atoms with Crippen LogP contribution in [0.15, 0.2) is 60.0 Å². The van der Waals surface area contributed by atoms with Crippen molar-refractivity contribution in [3.05, 3.63) is 71.2 Å². The van der Waals surface area contributed by atoms with Gasteiger partial charge in [0.2, 0.25) is 5.91 Å². The summed E-state index contributed by atoms with van der Waals surface area (Å²) in [7, 11) is 0. The average molecular weight is 423 g/mol. The van der Waals surface area contributed by atoms with Gasteiger partial charge in [0.25, 0.3) is 5.91 Å². The molecule has 0 atom stereocenters. The number of urea groups is 1. The van der Waals surface area contributed by atoms with Crippen molar-refractivity contribution in [3.63, 3.8) is 0 Å². The van der Waals surface area contributed by atoms with Crippen molar-refractivity contribution in [2.75, 3.05) is 22.5 Å². The molecule has 0 unspecified atom stereocenters. The largest absolute Gasteiger partial charge is 0.338 e. The summed E-state index contributed by atoms with van der Waals surface area (Å²) >= 11 is 1.26. The van der Waals surface area contributed by atoms with E-state index < -0.39 is 0 Å². The first-order chi connectivity index (χ1) is 14.5. The van der Waals surface area contributed by atoms with Crippen molar-refractivity contribution < 1.29 is 14.4 Å². The van der Waals surface area contributed by atoms with Gasteiger partial charge in [-0.2, -0.15) is 0 Å².